The molecule has 0 saturated heterocycles. The van der Waals surface area contributed by atoms with E-state index in [0.717, 1.165) is 11.1 Å². The summed E-state index contributed by atoms with van der Waals surface area (Å²) in [7, 11) is 0. The summed E-state index contributed by atoms with van der Waals surface area (Å²) >= 11 is 0. The Kier molecular flexibility index (Phi) is 6.50. The van der Waals surface area contributed by atoms with E-state index in [0.29, 0.717) is 24.3 Å². The van der Waals surface area contributed by atoms with Gasteiger partial charge in [0, 0.05) is 20.3 Å². The van der Waals surface area contributed by atoms with Gasteiger partial charge in [0.2, 0.25) is 0 Å². The predicted octanol–water partition coefficient (Wildman–Crippen LogP) is 4.21. The molecule has 0 fully saturated rings. The second kappa shape index (κ2) is 8.62. The molecule has 0 radical (unpaired) electrons. The first-order valence-electron chi connectivity index (χ1n) is 8.94. The standard InChI is InChI=1S/C22H24O5/c1-5-21(25)22(6-2,17-7-11-19(12-8-17)26-15(3)23)18-9-13-20(14-10-18)27-16(4)24/h7-14H,5-6H2,1-4H3. The molecule has 0 bridgehead atoms. The summed E-state index contributed by atoms with van der Waals surface area (Å²) in [6.07, 6.45) is 0.949. The quantitative estimate of drug-likeness (QED) is 0.541. The van der Waals surface area contributed by atoms with Crippen LogP contribution in [0.3, 0.4) is 0 Å². The lowest BCUT2D eigenvalue weighted by Gasteiger charge is -2.32. The molecular formula is C22H24O5. The van der Waals surface area contributed by atoms with Crippen LogP contribution in [0.25, 0.3) is 0 Å². The van der Waals surface area contributed by atoms with Gasteiger partial charge < -0.3 is 9.47 Å². The van der Waals surface area contributed by atoms with Crippen LogP contribution in [-0.2, 0) is 19.8 Å². The summed E-state index contributed by atoms with van der Waals surface area (Å²) in [6, 6.07) is 14.0. The van der Waals surface area contributed by atoms with Crippen molar-refractivity contribution >= 4 is 17.7 Å². The van der Waals surface area contributed by atoms with Crippen molar-refractivity contribution in [3.63, 3.8) is 0 Å². The molecule has 0 aliphatic carbocycles. The maximum atomic E-state index is 13.0. The number of ether oxygens (including phenoxy) is 2. The molecule has 0 unspecified atom stereocenters. The van der Waals surface area contributed by atoms with Gasteiger partial charge in [-0.3, -0.25) is 14.4 Å². The van der Waals surface area contributed by atoms with Gasteiger partial charge in [-0.2, -0.15) is 0 Å². The predicted molar refractivity (Wildman–Crippen MR) is 102 cm³/mol. The number of hydrogen-bond acceptors (Lipinski definition) is 5. The maximum absolute atomic E-state index is 13.0. The average molecular weight is 368 g/mol. The minimum absolute atomic E-state index is 0.0884. The van der Waals surface area contributed by atoms with Crippen molar-refractivity contribution in [2.24, 2.45) is 0 Å². The fourth-order valence-corrected chi connectivity index (χ4v) is 3.34. The van der Waals surface area contributed by atoms with Crippen molar-refractivity contribution in [3.8, 4) is 11.5 Å². The van der Waals surface area contributed by atoms with Gasteiger partial charge in [-0.05, 0) is 41.8 Å². The number of ketones is 1. The number of carbonyl (C=O) groups excluding carboxylic acids is 3. The van der Waals surface area contributed by atoms with Crippen LogP contribution < -0.4 is 9.47 Å². The average Bonchev–Trinajstić information content (AvgIpc) is 2.64. The van der Waals surface area contributed by atoms with Gasteiger partial charge >= 0.3 is 11.9 Å². The molecule has 5 heteroatoms. The van der Waals surface area contributed by atoms with Crippen molar-refractivity contribution in [3.05, 3.63) is 59.7 Å². The number of esters is 2. The van der Waals surface area contributed by atoms with Gasteiger partial charge in [-0.1, -0.05) is 38.1 Å². The second-order valence-electron chi connectivity index (χ2n) is 6.27. The highest BCUT2D eigenvalue weighted by Crippen LogP contribution is 2.39. The third-order valence-corrected chi connectivity index (χ3v) is 4.54. The van der Waals surface area contributed by atoms with Crippen molar-refractivity contribution in [2.75, 3.05) is 0 Å². The van der Waals surface area contributed by atoms with Gasteiger partial charge in [0.05, 0.1) is 5.41 Å². The summed E-state index contributed by atoms with van der Waals surface area (Å²) in [5.41, 5.74) is 0.833. The zero-order chi connectivity index (χ0) is 20.0. The van der Waals surface area contributed by atoms with Crippen molar-refractivity contribution < 1.29 is 23.9 Å². The van der Waals surface area contributed by atoms with Gasteiger partial charge in [0.25, 0.3) is 0 Å². The Morgan fingerprint density at radius 2 is 1.11 bits per heavy atom. The topological polar surface area (TPSA) is 69.7 Å². The fraction of sp³-hybridized carbons (Fsp3) is 0.318. The summed E-state index contributed by atoms with van der Waals surface area (Å²) < 4.78 is 10.2. The van der Waals surface area contributed by atoms with Crippen LogP contribution in [0.15, 0.2) is 48.5 Å². The number of Topliss-reactive ketones (excluding diaryl/α,β-unsaturated/α-hetero) is 1. The molecule has 5 nitrogen and oxygen atoms in total. The fourth-order valence-electron chi connectivity index (χ4n) is 3.34. The van der Waals surface area contributed by atoms with Crippen LogP contribution in [-0.4, -0.2) is 17.7 Å². The number of benzene rings is 2. The first kappa shape index (κ1) is 20.4. The van der Waals surface area contributed by atoms with Crippen LogP contribution in [0.2, 0.25) is 0 Å². The molecule has 0 saturated carbocycles. The molecule has 0 aliphatic heterocycles. The molecule has 27 heavy (non-hydrogen) atoms. The third kappa shape index (κ3) is 4.42. The molecule has 0 aliphatic rings. The van der Waals surface area contributed by atoms with Crippen LogP contribution >= 0.6 is 0 Å². The zero-order valence-corrected chi connectivity index (χ0v) is 16.1. The summed E-state index contributed by atoms with van der Waals surface area (Å²) in [6.45, 7) is 6.49. The molecule has 142 valence electrons. The molecule has 0 aromatic heterocycles. The van der Waals surface area contributed by atoms with Gasteiger partial charge in [-0.25, -0.2) is 0 Å². The molecule has 2 aromatic rings. The Hall–Kier alpha value is -2.95. The van der Waals surface area contributed by atoms with Crippen LogP contribution in [0.5, 0.6) is 11.5 Å². The van der Waals surface area contributed by atoms with E-state index in [1.807, 2.05) is 38.1 Å². The molecule has 0 amide bonds. The Morgan fingerprint density at radius 3 is 1.37 bits per heavy atom. The monoisotopic (exact) mass is 368 g/mol. The normalized spacial score (nSPS) is 11.0. The van der Waals surface area contributed by atoms with Crippen molar-refractivity contribution in [1.29, 1.82) is 0 Å². The van der Waals surface area contributed by atoms with E-state index in [-0.39, 0.29) is 5.78 Å². The minimum Gasteiger partial charge on any atom is -0.427 e. The highest BCUT2D eigenvalue weighted by atomic mass is 16.5. The first-order chi connectivity index (χ1) is 12.8. The highest BCUT2D eigenvalue weighted by molar-refractivity contribution is 5.93. The largest absolute Gasteiger partial charge is 0.427 e. The third-order valence-electron chi connectivity index (χ3n) is 4.54. The van der Waals surface area contributed by atoms with E-state index in [2.05, 4.69) is 0 Å². The van der Waals surface area contributed by atoms with Gasteiger partial charge in [0.15, 0.2) is 0 Å². The van der Waals surface area contributed by atoms with E-state index in [1.54, 1.807) is 24.3 Å². The molecule has 0 N–H and O–H groups in total. The van der Waals surface area contributed by atoms with E-state index >= 15 is 0 Å². The SMILES string of the molecule is CCC(=O)C(CC)(c1ccc(OC(C)=O)cc1)c1ccc(OC(C)=O)cc1. The summed E-state index contributed by atoms with van der Waals surface area (Å²) in [4.78, 5) is 35.3. The Morgan fingerprint density at radius 1 is 0.741 bits per heavy atom. The zero-order valence-electron chi connectivity index (χ0n) is 16.1. The van der Waals surface area contributed by atoms with Crippen molar-refractivity contribution in [1.82, 2.24) is 0 Å². The lowest BCUT2D eigenvalue weighted by molar-refractivity contribution is -0.132. The van der Waals surface area contributed by atoms with E-state index in [4.69, 9.17) is 9.47 Å². The van der Waals surface area contributed by atoms with Crippen LogP contribution in [0.1, 0.15) is 51.7 Å². The van der Waals surface area contributed by atoms with E-state index in [9.17, 15) is 14.4 Å². The first-order valence-corrected chi connectivity index (χ1v) is 8.94. The van der Waals surface area contributed by atoms with Gasteiger partial charge in [-0.15, -0.1) is 0 Å². The summed E-state index contributed by atoms with van der Waals surface area (Å²) in [5, 5.41) is 0. The highest BCUT2D eigenvalue weighted by Gasteiger charge is 2.39. The Labute approximate surface area is 159 Å². The molecule has 0 heterocycles. The molecule has 0 atom stereocenters. The molecular weight excluding hydrogens is 344 g/mol. The number of rotatable bonds is 7. The van der Waals surface area contributed by atoms with E-state index in [1.165, 1.54) is 13.8 Å². The van der Waals surface area contributed by atoms with Crippen LogP contribution in [0, 0.1) is 0 Å². The number of hydrogen-bond donors (Lipinski definition) is 0. The summed E-state index contributed by atoms with van der Waals surface area (Å²) in [5.74, 6) is 0.173. The Bertz CT molecular complexity index is 759. The van der Waals surface area contributed by atoms with E-state index < -0.39 is 17.4 Å². The Balaban J connectivity index is 2.51. The maximum Gasteiger partial charge on any atom is 0.308 e. The number of carbonyl (C=O) groups is 3. The molecule has 0 spiro atoms. The molecule has 2 aromatic carbocycles. The minimum atomic E-state index is -0.821. The molecule has 2 rings (SSSR count). The van der Waals surface area contributed by atoms with Crippen LogP contribution in [0.4, 0.5) is 0 Å². The smallest absolute Gasteiger partial charge is 0.308 e. The van der Waals surface area contributed by atoms with Crippen molar-refractivity contribution in [2.45, 2.75) is 46.0 Å². The lowest BCUT2D eigenvalue weighted by atomic mass is 9.68. The van der Waals surface area contributed by atoms with Gasteiger partial charge in [0.1, 0.15) is 17.3 Å². The lowest BCUT2D eigenvalue weighted by Crippen LogP contribution is -2.36. The second-order valence-corrected chi connectivity index (χ2v) is 6.27.